The molecule has 1 aliphatic carbocycles. The summed E-state index contributed by atoms with van der Waals surface area (Å²) in [5.41, 5.74) is 2.40. The van der Waals surface area contributed by atoms with Gasteiger partial charge < -0.3 is 25.4 Å². The third-order valence-electron chi connectivity index (χ3n) is 5.04. The molecule has 0 bridgehead atoms. The predicted octanol–water partition coefficient (Wildman–Crippen LogP) is 1.66. The van der Waals surface area contributed by atoms with Crippen molar-refractivity contribution in [1.82, 2.24) is 14.9 Å². The lowest BCUT2D eigenvalue weighted by Gasteiger charge is -2.24. The van der Waals surface area contributed by atoms with Crippen molar-refractivity contribution in [3.63, 3.8) is 0 Å². The highest BCUT2D eigenvalue weighted by molar-refractivity contribution is 5.93. The molecule has 1 heterocycles. The number of amides is 1. The largest absolute Gasteiger partial charge is 0.395 e. The van der Waals surface area contributed by atoms with E-state index in [2.05, 4.69) is 26.7 Å². The SMILES string of the molecule is CN(CCO)CC(CC=O)Nc1cc(-c2cnc(NC(=O)C3CC3)cn2)ccc1C#N. The topological polar surface area (TPSA) is 131 Å². The van der Waals surface area contributed by atoms with Gasteiger partial charge in [0, 0.05) is 37.0 Å². The molecule has 162 valence electrons. The number of anilines is 2. The van der Waals surface area contributed by atoms with Gasteiger partial charge in [0.05, 0.1) is 35.9 Å². The highest BCUT2D eigenvalue weighted by atomic mass is 16.3. The maximum atomic E-state index is 11.9. The molecule has 1 aromatic heterocycles. The molecule has 1 aliphatic rings. The molecule has 0 saturated heterocycles. The molecule has 0 spiro atoms. The Hall–Kier alpha value is -3.35. The van der Waals surface area contributed by atoms with Crippen LogP contribution < -0.4 is 10.6 Å². The van der Waals surface area contributed by atoms with Crippen LogP contribution in [0.2, 0.25) is 0 Å². The summed E-state index contributed by atoms with van der Waals surface area (Å²) < 4.78 is 0. The van der Waals surface area contributed by atoms with E-state index in [0.717, 1.165) is 24.7 Å². The maximum absolute atomic E-state index is 11.9. The van der Waals surface area contributed by atoms with Gasteiger partial charge in [-0.2, -0.15) is 5.26 Å². The number of nitrogens with zero attached hydrogens (tertiary/aromatic N) is 4. The molecule has 2 aromatic rings. The Bertz CT molecular complexity index is 953. The van der Waals surface area contributed by atoms with E-state index in [4.69, 9.17) is 5.11 Å². The van der Waals surface area contributed by atoms with E-state index in [-0.39, 0.29) is 30.9 Å². The molecular formula is C22H26N6O3. The molecule has 0 aliphatic heterocycles. The molecular weight excluding hydrogens is 396 g/mol. The fourth-order valence-electron chi connectivity index (χ4n) is 3.19. The van der Waals surface area contributed by atoms with Crippen LogP contribution in [0.25, 0.3) is 11.3 Å². The van der Waals surface area contributed by atoms with E-state index in [1.807, 2.05) is 11.9 Å². The van der Waals surface area contributed by atoms with Crippen LogP contribution in [-0.4, -0.2) is 65.0 Å². The van der Waals surface area contributed by atoms with Crippen molar-refractivity contribution in [2.45, 2.75) is 25.3 Å². The van der Waals surface area contributed by atoms with Gasteiger partial charge in [-0.25, -0.2) is 4.98 Å². The van der Waals surface area contributed by atoms with Crippen LogP contribution in [0.5, 0.6) is 0 Å². The molecule has 1 fully saturated rings. The molecule has 1 atom stereocenters. The molecule has 1 aromatic carbocycles. The maximum Gasteiger partial charge on any atom is 0.228 e. The second-order valence-electron chi connectivity index (χ2n) is 7.65. The van der Waals surface area contributed by atoms with Crippen LogP contribution in [0.15, 0.2) is 30.6 Å². The first-order valence-corrected chi connectivity index (χ1v) is 10.2. The molecule has 1 unspecified atom stereocenters. The zero-order valence-corrected chi connectivity index (χ0v) is 17.4. The van der Waals surface area contributed by atoms with E-state index in [1.54, 1.807) is 24.4 Å². The number of aldehydes is 1. The monoisotopic (exact) mass is 422 g/mol. The third-order valence-corrected chi connectivity index (χ3v) is 5.04. The number of aromatic nitrogens is 2. The summed E-state index contributed by atoms with van der Waals surface area (Å²) in [6, 6.07) is 7.21. The van der Waals surface area contributed by atoms with E-state index < -0.39 is 0 Å². The summed E-state index contributed by atoms with van der Waals surface area (Å²) in [7, 11) is 1.86. The summed E-state index contributed by atoms with van der Waals surface area (Å²) in [5.74, 6) is 0.467. The average molecular weight is 422 g/mol. The number of likely N-dealkylation sites (N-methyl/N-ethyl adjacent to an activating group) is 1. The number of nitriles is 1. The van der Waals surface area contributed by atoms with Gasteiger partial charge in [-0.3, -0.25) is 9.78 Å². The van der Waals surface area contributed by atoms with Crippen molar-refractivity contribution in [3.8, 4) is 17.3 Å². The first-order valence-electron chi connectivity index (χ1n) is 10.2. The molecule has 9 heteroatoms. The lowest BCUT2D eigenvalue weighted by atomic mass is 10.1. The number of aliphatic hydroxyl groups excluding tert-OH is 1. The van der Waals surface area contributed by atoms with Gasteiger partial charge in [-0.1, -0.05) is 6.07 Å². The summed E-state index contributed by atoms with van der Waals surface area (Å²) in [5, 5.41) is 24.6. The number of aliphatic hydroxyl groups is 1. The number of nitrogens with one attached hydrogen (secondary N) is 2. The normalized spacial score (nSPS) is 14.0. The second kappa shape index (κ2) is 10.6. The summed E-state index contributed by atoms with van der Waals surface area (Å²) >= 11 is 0. The van der Waals surface area contributed by atoms with Crippen molar-refractivity contribution in [1.29, 1.82) is 5.26 Å². The number of benzene rings is 1. The first-order chi connectivity index (χ1) is 15.0. The number of carbonyl (C=O) groups is 2. The average Bonchev–Trinajstić information content (AvgIpc) is 3.60. The van der Waals surface area contributed by atoms with Gasteiger partial charge in [0.2, 0.25) is 5.91 Å². The summed E-state index contributed by atoms with van der Waals surface area (Å²) in [6.45, 7) is 1.05. The molecule has 3 rings (SSSR count). The number of hydrogen-bond acceptors (Lipinski definition) is 8. The van der Waals surface area contributed by atoms with Crippen molar-refractivity contribution < 1.29 is 14.7 Å². The zero-order valence-electron chi connectivity index (χ0n) is 17.4. The Labute approximate surface area is 181 Å². The van der Waals surface area contributed by atoms with Crippen molar-refractivity contribution in [2.24, 2.45) is 5.92 Å². The third kappa shape index (κ3) is 6.31. The number of hydrogen-bond donors (Lipinski definition) is 3. The van der Waals surface area contributed by atoms with Crippen LogP contribution in [0.3, 0.4) is 0 Å². The molecule has 31 heavy (non-hydrogen) atoms. The fraction of sp³-hybridized carbons (Fsp3) is 0.409. The van der Waals surface area contributed by atoms with Crippen LogP contribution in [0.4, 0.5) is 11.5 Å². The Morgan fingerprint density at radius 3 is 2.81 bits per heavy atom. The molecule has 1 amide bonds. The van der Waals surface area contributed by atoms with Gasteiger partial charge in [0.1, 0.15) is 12.4 Å². The number of carbonyl (C=O) groups excluding carboxylic acids is 2. The van der Waals surface area contributed by atoms with E-state index in [9.17, 15) is 14.9 Å². The van der Waals surface area contributed by atoms with Crippen molar-refractivity contribution in [2.75, 3.05) is 37.4 Å². The molecule has 3 N–H and O–H groups in total. The predicted molar refractivity (Wildman–Crippen MR) is 116 cm³/mol. The van der Waals surface area contributed by atoms with E-state index in [1.165, 1.54) is 6.20 Å². The van der Waals surface area contributed by atoms with Gasteiger partial charge in [-0.15, -0.1) is 0 Å². The van der Waals surface area contributed by atoms with Gasteiger partial charge in [-0.05, 0) is 32.0 Å². The Kier molecular flexibility index (Phi) is 7.65. The standard InChI is InChI=1S/C22H26N6O3/c1-28(7-9-30)14-18(6-8-29)26-19-10-16(4-5-17(19)11-23)20-12-25-21(13-24-20)27-22(31)15-2-3-15/h4-5,8,10,12-13,15,18,26,30H,2-3,6-7,9,14H2,1H3,(H,25,27,31). The lowest BCUT2D eigenvalue weighted by Crippen LogP contribution is -2.36. The van der Waals surface area contributed by atoms with E-state index >= 15 is 0 Å². The minimum Gasteiger partial charge on any atom is -0.395 e. The molecule has 9 nitrogen and oxygen atoms in total. The van der Waals surface area contributed by atoms with Crippen LogP contribution in [0, 0.1) is 17.2 Å². The Morgan fingerprint density at radius 1 is 1.39 bits per heavy atom. The lowest BCUT2D eigenvalue weighted by molar-refractivity contribution is -0.117. The summed E-state index contributed by atoms with van der Waals surface area (Å²) in [4.78, 5) is 33.6. The Balaban J connectivity index is 1.76. The Morgan fingerprint density at radius 2 is 2.19 bits per heavy atom. The minimum absolute atomic E-state index is 0.0268. The summed E-state index contributed by atoms with van der Waals surface area (Å²) in [6.07, 6.45) is 6.02. The molecule has 1 saturated carbocycles. The van der Waals surface area contributed by atoms with Crippen molar-refractivity contribution >= 4 is 23.7 Å². The smallest absolute Gasteiger partial charge is 0.228 e. The van der Waals surface area contributed by atoms with Gasteiger partial charge in [0.25, 0.3) is 0 Å². The highest BCUT2D eigenvalue weighted by Crippen LogP contribution is 2.30. The van der Waals surface area contributed by atoms with Gasteiger partial charge in [0.15, 0.2) is 5.82 Å². The van der Waals surface area contributed by atoms with Crippen LogP contribution >= 0.6 is 0 Å². The van der Waals surface area contributed by atoms with Crippen LogP contribution in [0.1, 0.15) is 24.8 Å². The minimum atomic E-state index is -0.220. The second-order valence-corrected chi connectivity index (χ2v) is 7.65. The van der Waals surface area contributed by atoms with E-state index in [0.29, 0.717) is 35.9 Å². The first kappa shape index (κ1) is 22.3. The van der Waals surface area contributed by atoms with Gasteiger partial charge >= 0.3 is 0 Å². The van der Waals surface area contributed by atoms with Crippen LogP contribution in [-0.2, 0) is 9.59 Å². The molecule has 0 radical (unpaired) electrons. The quantitative estimate of drug-likeness (QED) is 0.466. The number of rotatable bonds is 11. The highest BCUT2D eigenvalue weighted by Gasteiger charge is 2.29. The fourth-order valence-corrected chi connectivity index (χ4v) is 3.19. The zero-order chi connectivity index (χ0) is 22.2. The van der Waals surface area contributed by atoms with Crippen molar-refractivity contribution in [3.05, 3.63) is 36.2 Å².